The fourth-order valence-corrected chi connectivity index (χ4v) is 10.9. The highest BCUT2D eigenvalue weighted by Gasteiger charge is 2.56. The average Bonchev–Trinajstić information content (AvgIpc) is 3.27. The van der Waals surface area contributed by atoms with Gasteiger partial charge >= 0.3 is 12.1 Å². The molecule has 0 aromatic heterocycles. The summed E-state index contributed by atoms with van der Waals surface area (Å²) in [5.41, 5.74) is 2.97. The molecular weight excluding hydrogens is 606 g/mol. The van der Waals surface area contributed by atoms with Crippen molar-refractivity contribution in [1.29, 1.82) is 0 Å². The van der Waals surface area contributed by atoms with Crippen LogP contribution < -0.4 is 4.74 Å². The Balaban J connectivity index is 0.000000251. The van der Waals surface area contributed by atoms with E-state index in [4.69, 9.17) is 9.84 Å². The number of aliphatic hydroxyl groups excluding tert-OH is 3. The first kappa shape index (κ1) is 36.8. The summed E-state index contributed by atoms with van der Waals surface area (Å²) in [6.45, 7) is 10.4. The number of aryl methyl sites for hydroxylation is 1. The third kappa shape index (κ3) is 8.78. The van der Waals surface area contributed by atoms with Gasteiger partial charge < -0.3 is 20.1 Å². The van der Waals surface area contributed by atoms with E-state index in [2.05, 4.69) is 39.8 Å². The molecule has 0 aliphatic heterocycles. The lowest BCUT2D eigenvalue weighted by atomic mass is 9.55. The second-order valence-electron chi connectivity index (χ2n) is 13.4. The van der Waals surface area contributed by atoms with Crippen LogP contribution in [-0.2, 0) is 6.42 Å². The lowest BCUT2D eigenvalue weighted by Crippen LogP contribution is -2.43. The zero-order chi connectivity index (χ0) is 32.2. The van der Waals surface area contributed by atoms with E-state index in [1.54, 1.807) is 0 Å². The van der Waals surface area contributed by atoms with Crippen LogP contribution in [0.5, 0.6) is 5.75 Å². The largest absolute Gasteiger partial charge is 0.491 e. The Kier molecular flexibility index (Phi) is 12.7. The Labute approximate surface area is 259 Å². The van der Waals surface area contributed by atoms with Crippen molar-refractivity contribution in [3.63, 3.8) is 0 Å². The van der Waals surface area contributed by atoms with Crippen LogP contribution in [-0.4, -0.2) is 70.4 Å². The molecule has 4 rings (SSSR count). The van der Waals surface area contributed by atoms with Gasteiger partial charge in [-0.3, -0.25) is 0 Å². The minimum Gasteiger partial charge on any atom is -0.491 e. The quantitative estimate of drug-likeness (QED) is 0.127. The molecule has 43 heavy (non-hydrogen) atoms. The zero-order valence-corrected chi connectivity index (χ0v) is 27.8. The van der Waals surface area contributed by atoms with Gasteiger partial charge in [0.1, 0.15) is 18.5 Å². The van der Waals surface area contributed by atoms with Crippen LogP contribution in [0.15, 0.2) is 18.2 Å². The number of fused-ring (bicyclic) bond motifs is 5. The Morgan fingerprint density at radius 3 is 2.44 bits per heavy atom. The Bertz CT molecular complexity index is 1040. The highest BCUT2D eigenvalue weighted by atomic mass is 32.7. The first-order chi connectivity index (χ1) is 20.0. The summed E-state index contributed by atoms with van der Waals surface area (Å²) in [5, 5.41) is 29.0. The smallest absolute Gasteiger partial charge is 0.453 e. The van der Waals surface area contributed by atoms with Crippen molar-refractivity contribution in [3.8, 4) is 5.75 Å². The van der Waals surface area contributed by atoms with E-state index in [1.807, 2.05) is 12.7 Å². The van der Waals surface area contributed by atoms with Gasteiger partial charge in [-0.1, -0.05) is 33.8 Å². The SMILES string of the molecule is CC12CCC3c4ccc(OCC(O)CO)cc4CCC3C1CCC2O.CCC(C)(C)P(C)SCCCC(F)(F)C(F)(F)F. The number of ether oxygens (including phenoxy) is 1. The molecule has 3 aliphatic carbocycles. The fourth-order valence-electron chi connectivity index (χ4n) is 6.90. The lowest BCUT2D eigenvalue weighted by Gasteiger charge is -2.50. The molecule has 3 N–H and O–H groups in total. The van der Waals surface area contributed by atoms with Crippen LogP contribution in [0.1, 0.15) is 96.1 Å². The number of benzene rings is 1. The van der Waals surface area contributed by atoms with E-state index >= 15 is 0 Å². The van der Waals surface area contributed by atoms with Gasteiger partial charge in [0.25, 0.3) is 0 Å². The molecule has 3 aliphatic rings. The third-order valence-corrected chi connectivity index (χ3v) is 16.4. The summed E-state index contributed by atoms with van der Waals surface area (Å²) in [5.74, 6) is -1.44. The summed E-state index contributed by atoms with van der Waals surface area (Å²) in [4.78, 5) is 0. The van der Waals surface area contributed by atoms with Gasteiger partial charge in [-0.25, -0.2) is 0 Å². The van der Waals surface area contributed by atoms with Gasteiger partial charge in [0.2, 0.25) is 0 Å². The monoisotopic (exact) mass is 656 g/mol. The minimum atomic E-state index is -5.42. The number of halogens is 5. The predicted octanol–water partition coefficient (Wildman–Crippen LogP) is 8.55. The molecule has 0 bridgehead atoms. The maximum Gasteiger partial charge on any atom is 0.453 e. The van der Waals surface area contributed by atoms with Crippen LogP contribution in [0.3, 0.4) is 0 Å². The maximum absolute atomic E-state index is 12.6. The van der Waals surface area contributed by atoms with Gasteiger partial charge in [0.05, 0.1) is 12.7 Å². The van der Waals surface area contributed by atoms with Gasteiger partial charge in [0, 0.05) is 6.42 Å². The van der Waals surface area contributed by atoms with Crippen LogP contribution in [0.25, 0.3) is 0 Å². The molecule has 0 amide bonds. The maximum atomic E-state index is 12.6. The minimum absolute atomic E-state index is 0.107. The molecular formula is C32H50F5O4PS. The highest BCUT2D eigenvalue weighted by molar-refractivity contribution is 8.55. The average molecular weight is 657 g/mol. The molecule has 248 valence electrons. The van der Waals surface area contributed by atoms with Crippen molar-refractivity contribution >= 4 is 18.5 Å². The summed E-state index contributed by atoms with van der Waals surface area (Å²) in [6.07, 6.45) is 0.101. The zero-order valence-electron chi connectivity index (χ0n) is 26.1. The molecule has 0 saturated heterocycles. The molecule has 4 nitrogen and oxygen atoms in total. The predicted molar refractivity (Wildman–Crippen MR) is 166 cm³/mol. The van der Waals surface area contributed by atoms with Crippen molar-refractivity contribution in [2.45, 2.75) is 121 Å². The van der Waals surface area contributed by atoms with Crippen LogP contribution in [0.2, 0.25) is 0 Å². The summed E-state index contributed by atoms with van der Waals surface area (Å²) < 4.78 is 66.6. The van der Waals surface area contributed by atoms with Crippen LogP contribution in [0.4, 0.5) is 22.0 Å². The lowest BCUT2D eigenvalue weighted by molar-refractivity contribution is -0.284. The van der Waals surface area contributed by atoms with Gasteiger partial charge in [-0.2, -0.15) is 22.0 Å². The molecule has 0 radical (unpaired) electrons. The Morgan fingerprint density at radius 1 is 1.12 bits per heavy atom. The Hall–Kier alpha value is -0.670. The molecule has 0 heterocycles. The summed E-state index contributed by atoms with van der Waals surface area (Å²) >= 11 is 1.52. The number of rotatable bonds is 11. The number of hydrogen-bond donors (Lipinski definition) is 3. The van der Waals surface area contributed by atoms with Crippen molar-refractivity contribution in [2.24, 2.45) is 17.3 Å². The first-order valence-corrected chi connectivity index (χ1v) is 18.9. The van der Waals surface area contributed by atoms with Gasteiger partial charge in [-0.15, -0.1) is 11.4 Å². The standard InChI is InChI=1S/C21H30O4.C11H20F5PS/c1-21-9-8-17-16-5-3-15(25-12-14(23)11-22)10-13(16)2-4-18(17)19(21)6-7-20(21)24;1-5-9(2,3)17(4)18-8-6-7-10(12,13)11(14,15)16/h3,5,10,14,17-20,22-24H,2,4,6-9,11-12H2,1H3;5-8H2,1-4H3. The van der Waals surface area contributed by atoms with Crippen molar-refractivity contribution in [3.05, 3.63) is 29.3 Å². The van der Waals surface area contributed by atoms with E-state index in [9.17, 15) is 32.2 Å². The first-order valence-electron chi connectivity index (χ1n) is 15.5. The molecule has 11 heteroatoms. The number of aliphatic hydroxyl groups is 3. The summed E-state index contributed by atoms with van der Waals surface area (Å²) in [6, 6.07) is 6.33. The molecule has 0 spiro atoms. The van der Waals surface area contributed by atoms with E-state index in [-0.39, 0.29) is 36.3 Å². The van der Waals surface area contributed by atoms with E-state index in [0.29, 0.717) is 23.5 Å². The third-order valence-electron chi connectivity index (χ3n) is 10.4. The van der Waals surface area contributed by atoms with Crippen LogP contribution in [0, 0.1) is 17.3 Å². The Morgan fingerprint density at radius 2 is 1.81 bits per heavy atom. The van der Waals surface area contributed by atoms with Crippen molar-refractivity contribution in [2.75, 3.05) is 25.6 Å². The van der Waals surface area contributed by atoms with E-state index < -0.39 is 31.7 Å². The van der Waals surface area contributed by atoms with E-state index in [1.165, 1.54) is 41.8 Å². The normalized spacial score (nSPS) is 28.6. The van der Waals surface area contributed by atoms with E-state index in [0.717, 1.165) is 31.4 Å². The second kappa shape index (κ2) is 14.8. The van der Waals surface area contributed by atoms with Crippen LogP contribution >= 0.6 is 18.5 Å². The molecule has 7 unspecified atom stereocenters. The van der Waals surface area contributed by atoms with Gasteiger partial charge in [-0.05, 0) is 122 Å². The molecule has 7 atom stereocenters. The molecule has 1 aromatic rings. The summed E-state index contributed by atoms with van der Waals surface area (Å²) in [7, 11) is -0.409. The fraction of sp³-hybridized carbons (Fsp3) is 0.812. The van der Waals surface area contributed by atoms with Crippen molar-refractivity contribution in [1.82, 2.24) is 0 Å². The topological polar surface area (TPSA) is 69.9 Å². The number of alkyl halides is 5. The highest BCUT2D eigenvalue weighted by Crippen LogP contribution is 2.61. The second-order valence-corrected chi connectivity index (χ2v) is 18.7. The molecule has 1 aromatic carbocycles. The molecule has 2 fully saturated rings. The van der Waals surface area contributed by atoms with Crippen molar-refractivity contribution < 1.29 is 42.0 Å². The molecule has 2 saturated carbocycles. The van der Waals surface area contributed by atoms with Gasteiger partial charge in [0.15, 0.2) is 0 Å². The number of hydrogen-bond acceptors (Lipinski definition) is 5.